The summed E-state index contributed by atoms with van der Waals surface area (Å²) in [6.45, 7) is 2.03. The minimum absolute atomic E-state index is 0.164. The first kappa shape index (κ1) is 28.6. The molecule has 4 rings (SSSR count). The quantitative estimate of drug-likeness (QED) is 0.209. The van der Waals surface area contributed by atoms with Crippen LogP contribution < -0.4 is 5.32 Å². The van der Waals surface area contributed by atoms with Gasteiger partial charge in [-0.2, -0.15) is 0 Å². The third kappa shape index (κ3) is 8.03. The van der Waals surface area contributed by atoms with E-state index in [9.17, 15) is 19.5 Å². The molecule has 0 aliphatic heterocycles. The molecular formula is C34H36N2O4. The molecule has 2 atom stereocenters. The van der Waals surface area contributed by atoms with Crippen molar-refractivity contribution in [2.24, 2.45) is 5.92 Å². The van der Waals surface area contributed by atoms with Crippen molar-refractivity contribution in [3.05, 3.63) is 120 Å². The van der Waals surface area contributed by atoms with Gasteiger partial charge in [0.2, 0.25) is 5.91 Å². The fourth-order valence-corrected chi connectivity index (χ4v) is 4.98. The molecule has 206 valence electrons. The number of hydrogen-bond donors (Lipinski definition) is 2. The Hall–Kier alpha value is -4.45. The second kappa shape index (κ2) is 14.1. The maximum atomic E-state index is 13.8. The summed E-state index contributed by atoms with van der Waals surface area (Å²) in [5, 5.41) is 14.9. The Morgan fingerprint density at radius 2 is 1.43 bits per heavy atom. The van der Waals surface area contributed by atoms with Crippen LogP contribution in [0.2, 0.25) is 0 Å². The zero-order valence-electron chi connectivity index (χ0n) is 22.8. The second-order valence-corrected chi connectivity index (χ2v) is 10.2. The van der Waals surface area contributed by atoms with Gasteiger partial charge in [0.25, 0.3) is 0 Å². The summed E-state index contributed by atoms with van der Waals surface area (Å²) in [7, 11) is 0. The van der Waals surface area contributed by atoms with Crippen LogP contribution >= 0.6 is 0 Å². The average Bonchev–Trinajstić information content (AvgIpc) is 2.97. The molecule has 0 fully saturated rings. The van der Waals surface area contributed by atoms with Crippen molar-refractivity contribution < 1.29 is 19.5 Å². The molecule has 0 heterocycles. The zero-order valence-corrected chi connectivity index (χ0v) is 22.8. The van der Waals surface area contributed by atoms with Gasteiger partial charge in [-0.15, -0.1) is 0 Å². The van der Waals surface area contributed by atoms with Crippen LogP contribution in [-0.4, -0.2) is 34.5 Å². The Kier molecular flexibility index (Phi) is 10.1. The molecule has 0 aromatic heterocycles. The number of imide groups is 1. The molecule has 4 aromatic rings. The lowest BCUT2D eigenvalue weighted by Crippen LogP contribution is -2.48. The van der Waals surface area contributed by atoms with Gasteiger partial charge in [0.05, 0.1) is 12.5 Å². The van der Waals surface area contributed by atoms with Crippen LogP contribution in [0.5, 0.6) is 0 Å². The molecule has 6 nitrogen and oxygen atoms in total. The number of benzene rings is 4. The summed E-state index contributed by atoms with van der Waals surface area (Å²) in [4.78, 5) is 40.2. The van der Waals surface area contributed by atoms with Crippen molar-refractivity contribution in [3.63, 3.8) is 0 Å². The predicted molar refractivity (Wildman–Crippen MR) is 158 cm³/mol. The number of aryl methyl sites for hydroxylation is 1. The highest BCUT2D eigenvalue weighted by atomic mass is 16.4. The maximum absolute atomic E-state index is 13.8. The van der Waals surface area contributed by atoms with Gasteiger partial charge >= 0.3 is 12.0 Å². The summed E-state index contributed by atoms with van der Waals surface area (Å²) in [5.41, 5.74) is 3.05. The molecular weight excluding hydrogens is 500 g/mol. The average molecular weight is 537 g/mol. The molecule has 2 unspecified atom stereocenters. The smallest absolute Gasteiger partial charge is 0.324 e. The van der Waals surface area contributed by atoms with E-state index in [2.05, 4.69) is 35.6 Å². The van der Waals surface area contributed by atoms with Gasteiger partial charge in [-0.25, -0.2) is 4.79 Å². The monoisotopic (exact) mass is 536 g/mol. The Balaban J connectivity index is 1.47. The lowest BCUT2D eigenvalue weighted by atomic mass is 9.94. The van der Waals surface area contributed by atoms with E-state index in [4.69, 9.17) is 0 Å². The van der Waals surface area contributed by atoms with Crippen LogP contribution in [0.25, 0.3) is 10.8 Å². The summed E-state index contributed by atoms with van der Waals surface area (Å²) in [6, 6.07) is 32.8. The first-order chi connectivity index (χ1) is 19.4. The SMILES string of the molecule is CC(NC(=O)N(CCc1ccccc1)C(=O)C(CCCc1ccc2ccccc2c1)CC(=O)O)c1ccccc1. The molecule has 0 saturated heterocycles. The number of fused-ring (bicyclic) bond motifs is 1. The third-order valence-corrected chi connectivity index (χ3v) is 7.22. The molecule has 0 aliphatic rings. The molecule has 6 heteroatoms. The number of nitrogens with zero attached hydrogens (tertiary/aromatic N) is 1. The van der Waals surface area contributed by atoms with Gasteiger partial charge in [-0.1, -0.05) is 103 Å². The molecule has 0 aliphatic carbocycles. The zero-order chi connectivity index (χ0) is 28.3. The number of rotatable bonds is 12. The van der Waals surface area contributed by atoms with E-state index < -0.39 is 23.8 Å². The molecule has 3 amide bonds. The molecule has 0 spiro atoms. The fraction of sp³-hybridized carbons (Fsp3) is 0.265. The number of carbonyl (C=O) groups excluding carboxylic acids is 2. The van der Waals surface area contributed by atoms with Gasteiger partial charge in [0.15, 0.2) is 0 Å². The molecule has 0 saturated carbocycles. The van der Waals surface area contributed by atoms with Crippen LogP contribution in [-0.2, 0) is 22.4 Å². The topological polar surface area (TPSA) is 86.7 Å². The lowest BCUT2D eigenvalue weighted by Gasteiger charge is -2.27. The molecule has 0 bridgehead atoms. The highest BCUT2D eigenvalue weighted by Crippen LogP contribution is 2.21. The summed E-state index contributed by atoms with van der Waals surface area (Å²) in [6.07, 6.45) is 1.89. The molecule has 0 radical (unpaired) electrons. The van der Waals surface area contributed by atoms with Crippen LogP contribution in [0.1, 0.15) is 48.9 Å². The number of aliphatic carboxylic acids is 1. The van der Waals surface area contributed by atoms with Crippen LogP contribution in [0, 0.1) is 5.92 Å². The van der Waals surface area contributed by atoms with E-state index in [1.165, 1.54) is 4.90 Å². The van der Waals surface area contributed by atoms with Gasteiger partial charge in [0, 0.05) is 12.5 Å². The molecule has 4 aromatic carbocycles. The number of carboxylic acids is 1. The van der Waals surface area contributed by atoms with Crippen molar-refractivity contribution in [2.75, 3.05) is 6.54 Å². The second-order valence-electron chi connectivity index (χ2n) is 10.2. The fourth-order valence-electron chi connectivity index (χ4n) is 4.98. The van der Waals surface area contributed by atoms with Gasteiger partial charge in [-0.05, 0) is 60.1 Å². The third-order valence-electron chi connectivity index (χ3n) is 7.22. The molecule has 2 N–H and O–H groups in total. The van der Waals surface area contributed by atoms with Gasteiger partial charge < -0.3 is 10.4 Å². The van der Waals surface area contributed by atoms with Gasteiger partial charge in [-0.3, -0.25) is 14.5 Å². The van der Waals surface area contributed by atoms with E-state index in [0.29, 0.717) is 19.3 Å². The number of amides is 3. The Bertz CT molecular complexity index is 1420. The highest BCUT2D eigenvalue weighted by Gasteiger charge is 2.31. The first-order valence-corrected chi connectivity index (χ1v) is 13.8. The number of nitrogens with one attached hydrogen (secondary N) is 1. The number of carboxylic acid groups (broad SMARTS) is 1. The van der Waals surface area contributed by atoms with E-state index in [-0.39, 0.29) is 19.0 Å². The Morgan fingerprint density at radius 3 is 2.12 bits per heavy atom. The van der Waals surface area contributed by atoms with E-state index >= 15 is 0 Å². The van der Waals surface area contributed by atoms with E-state index in [0.717, 1.165) is 33.9 Å². The van der Waals surface area contributed by atoms with Crippen molar-refractivity contribution in [1.82, 2.24) is 10.2 Å². The van der Waals surface area contributed by atoms with Crippen molar-refractivity contribution in [3.8, 4) is 0 Å². The van der Waals surface area contributed by atoms with Crippen molar-refractivity contribution in [2.45, 2.75) is 45.1 Å². The van der Waals surface area contributed by atoms with Crippen molar-refractivity contribution in [1.29, 1.82) is 0 Å². The minimum Gasteiger partial charge on any atom is -0.481 e. The van der Waals surface area contributed by atoms with Crippen LogP contribution in [0.3, 0.4) is 0 Å². The normalized spacial score (nSPS) is 12.4. The summed E-state index contributed by atoms with van der Waals surface area (Å²) in [5.74, 6) is -2.30. The largest absolute Gasteiger partial charge is 0.481 e. The number of carbonyl (C=O) groups is 3. The van der Waals surface area contributed by atoms with Crippen LogP contribution in [0.15, 0.2) is 103 Å². The Morgan fingerprint density at radius 1 is 0.775 bits per heavy atom. The highest BCUT2D eigenvalue weighted by molar-refractivity contribution is 5.97. The first-order valence-electron chi connectivity index (χ1n) is 13.8. The predicted octanol–water partition coefficient (Wildman–Crippen LogP) is 6.80. The number of urea groups is 1. The lowest BCUT2D eigenvalue weighted by molar-refractivity contribution is -0.143. The molecule has 40 heavy (non-hydrogen) atoms. The van der Waals surface area contributed by atoms with Crippen LogP contribution in [0.4, 0.5) is 4.79 Å². The standard InChI is InChI=1S/C34H36N2O4/c1-25(28-14-6-3-7-15-28)35-34(40)36(22-21-26-11-4-2-5-12-26)33(39)31(24-32(37)38)18-10-13-27-19-20-29-16-8-9-17-30(29)23-27/h2-9,11-12,14-17,19-20,23,25,31H,10,13,18,21-22,24H2,1H3,(H,35,40)(H,37,38). The number of hydrogen-bond acceptors (Lipinski definition) is 3. The summed E-state index contributed by atoms with van der Waals surface area (Å²) >= 11 is 0. The minimum atomic E-state index is -1.05. The van der Waals surface area contributed by atoms with Gasteiger partial charge in [0.1, 0.15) is 0 Å². The maximum Gasteiger partial charge on any atom is 0.324 e. The summed E-state index contributed by atoms with van der Waals surface area (Å²) < 4.78 is 0. The van der Waals surface area contributed by atoms with Crippen molar-refractivity contribution >= 4 is 28.7 Å². The van der Waals surface area contributed by atoms with E-state index in [1.54, 1.807) is 0 Å². The van der Waals surface area contributed by atoms with E-state index in [1.807, 2.05) is 79.7 Å². The Labute approximate surface area is 235 Å².